The van der Waals surface area contributed by atoms with Crippen molar-refractivity contribution in [3.8, 4) is 0 Å². The lowest BCUT2D eigenvalue weighted by Gasteiger charge is -2.24. The molecule has 3 aromatic rings. The lowest BCUT2D eigenvalue weighted by atomic mass is 9.95. The second-order valence-corrected chi connectivity index (χ2v) is 9.92. The molecular formula is C21H24N4O3S2. The molecule has 0 fully saturated rings. The molecule has 0 aliphatic heterocycles. The molecule has 1 atom stereocenters. The third kappa shape index (κ3) is 5.50. The van der Waals surface area contributed by atoms with E-state index in [1.807, 2.05) is 37.3 Å². The van der Waals surface area contributed by atoms with E-state index < -0.39 is 10.0 Å². The molecule has 0 aliphatic carbocycles. The van der Waals surface area contributed by atoms with Gasteiger partial charge in [0.2, 0.25) is 21.1 Å². The van der Waals surface area contributed by atoms with Crippen molar-refractivity contribution in [3.63, 3.8) is 0 Å². The van der Waals surface area contributed by atoms with E-state index >= 15 is 0 Å². The first-order valence-corrected chi connectivity index (χ1v) is 11.8. The third-order valence-electron chi connectivity index (χ3n) is 4.65. The SMILES string of the molecule is CCc1nnc(NC(=O)C[C@@H](CN(C)S(=O)(=O)c2ccccc2)c2ccccc2)s1. The van der Waals surface area contributed by atoms with Crippen molar-refractivity contribution in [2.45, 2.75) is 30.6 Å². The first-order valence-electron chi connectivity index (χ1n) is 9.58. The quantitative estimate of drug-likeness (QED) is 0.545. The van der Waals surface area contributed by atoms with E-state index in [1.54, 1.807) is 30.3 Å². The van der Waals surface area contributed by atoms with Gasteiger partial charge in [-0.1, -0.05) is 66.8 Å². The predicted molar refractivity (Wildman–Crippen MR) is 118 cm³/mol. The summed E-state index contributed by atoms with van der Waals surface area (Å²) in [5.41, 5.74) is 0.897. The Balaban J connectivity index is 1.76. The minimum atomic E-state index is -3.66. The normalized spacial score (nSPS) is 12.6. The Labute approximate surface area is 180 Å². The van der Waals surface area contributed by atoms with Crippen LogP contribution in [0.3, 0.4) is 0 Å². The highest BCUT2D eigenvalue weighted by Crippen LogP contribution is 2.25. The van der Waals surface area contributed by atoms with Crippen LogP contribution in [0.25, 0.3) is 0 Å². The zero-order valence-electron chi connectivity index (χ0n) is 16.9. The highest BCUT2D eigenvalue weighted by molar-refractivity contribution is 7.89. The summed E-state index contributed by atoms with van der Waals surface area (Å²) in [7, 11) is -2.12. The molecule has 0 radical (unpaired) electrons. The number of hydrogen-bond acceptors (Lipinski definition) is 6. The van der Waals surface area contributed by atoms with Crippen molar-refractivity contribution < 1.29 is 13.2 Å². The number of carbonyl (C=O) groups excluding carboxylic acids is 1. The molecule has 0 saturated carbocycles. The molecule has 0 aliphatic rings. The number of aryl methyl sites for hydroxylation is 1. The van der Waals surface area contributed by atoms with Crippen LogP contribution in [-0.4, -0.2) is 42.4 Å². The molecule has 9 heteroatoms. The fraction of sp³-hybridized carbons (Fsp3) is 0.286. The maximum atomic E-state index is 12.9. The van der Waals surface area contributed by atoms with Crippen LogP contribution < -0.4 is 5.32 Å². The van der Waals surface area contributed by atoms with Gasteiger partial charge < -0.3 is 5.32 Å². The Morgan fingerprint density at radius 3 is 2.30 bits per heavy atom. The number of aromatic nitrogens is 2. The molecule has 158 valence electrons. The Bertz CT molecular complexity index is 1070. The summed E-state index contributed by atoms with van der Waals surface area (Å²) in [4.78, 5) is 12.9. The maximum absolute atomic E-state index is 12.9. The van der Waals surface area contributed by atoms with Crippen LogP contribution in [0.1, 0.15) is 29.8 Å². The highest BCUT2D eigenvalue weighted by Gasteiger charge is 2.26. The van der Waals surface area contributed by atoms with Crippen LogP contribution in [0.15, 0.2) is 65.6 Å². The largest absolute Gasteiger partial charge is 0.301 e. The zero-order valence-corrected chi connectivity index (χ0v) is 18.5. The van der Waals surface area contributed by atoms with Gasteiger partial charge in [-0.15, -0.1) is 10.2 Å². The molecule has 30 heavy (non-hydrogen) atoms. The Hall–Kier alpha value is -2.62. The van der Waals surface area contributed by atoms with E-state index in [4.69, 9.17) is 0 Å². The monoisotopic (exact) mass is 444 g/mol. The van der Waals surface area contributed by atoms with Gasteiger partial charge in [-0.05, 0) is 24.1 Å². The van der Waals surface area contributed by atoms with Crippen molar-refractivity contribution in [2.24, 2.45) is 0 Å². The minimum Gasteiger partial charge on any atom is -0.301 e. The minimum absolute atomic E-state index is 0.125. The van der Waals surface area contributed by atoms with Crippen molar-refractivity contribution >= 4 is 32.4 Å². The molecular weight excluding hydrogens is 420 g/mol. The van der Waals surface area contributed by atoms with E-state index in [0.717, 1.165) is 17.0 Å². The van der Waals surface area contributed by atoms with Crippen molar-refractivity contribution in [1.82, 2.24) is 14.5 Å². The van der Waals surface area contributed by atoms with Gasteiger partial charge in [0.25, 0.3) is 0 Å². The summed E-state index contributed by atoms with van der Waals surface area (Å²) >= 11 is 1.34. The van der Waals surface area contributed by atoms with Gasteiger partial charge >= 0.3 is 0 Å². The molecule has 0 bridgehead atoms. The van der Waals surface area contributed by atoms with Crippen LogP contribution in [0.5, 0.6) is 0 Å². The van der Waals surface area contributed by atoms with Crippen LogP contribution in [0, 0.1) is 0 Å². The zero-order chi connectivity index (χ0) is 21.6. The average molecular weight is 445 g/mol. The number of amides is 1. The third-order valence-corrected chi connectivity index (χ3v) is 7.47. The number of carbonyl (C=O) groups is 1. The molecule has 7 nitrogen and oxygen atoms in total. The Kier molecular flexibility index (Phi) is 7.30. The first kappa shape index (κ1) is 22.1. The van der Waals surface area contributed by atoms with E-state index in [2.05, 4.69) is 15.5 Å². The lowest BCUT2D eigenvalue weighted by molar-refractivity contribution is -0.116. The molecule has 1 amide bonds. The molecule has 0 unspecified atom stereocenters. The summed E-state index contributed by atoms with van der Waals surface area (Å²) in [6.07, 6.45) is 0.877. The van der Waals surface area contributed by atoms with Gasteiger partial charge in [-0.25, -0.2) is 12.7 Å². The predicted octanol–water partition coefficient (Wildman–Crippen LogP) is 3.53. The molecule has 1 heterocycles. The summed E-state index contributed by atoms with van der Waals surface area (Å²) in [6.45, 7) is 2.14. The lowest BCUT2D eigenvalue weighted by Crippen LogP contribution is -2.32. The number of nitrogens with zero attached hydrogens (tertiary/aromatic N) is 3. The van der Waals surface area contributed by atoms with Gasteiger partial charge in [0, 0.05) is 25.9 Å². The van der Waals surface area contributed by atoms with E-state index in [9.17, 15) is 13.2 Å². The van der Waals surface area contributed by atoms with Gasteiger partial charge in [0.1, 0.15) is 5.01 Å². The molecule has 1 aromatic heterocycles. The van der Waals surface area contributed by atoms with E-state index in [0.29, 0.717) is 5.13 Å². The van der Waals surface area contributed by atoms with Gasteiger partial charge in [-0.2, -0.15) is 0 Å². The first-order chi connectivity index (χ1) is 14.4. The summed E-state index contributed by atoms with van der Waals surface area (Å²) < 4.78 is 27.1. The Morgan fingerprint density at radius 1 is 1.07 bits per heavy atom. The summed E-state index contributed by atoms with van der Waals surface area (Å²) in [5, 5.41) is 12.1. The fourth-order valence-electron chi connectivity index (χ4n) is 3.03. The second kappa shape index (κ2) is 9.92. The average Bonchev–Trinajstić information content (AvgIpc) is 3.21. The topological polar surface area (TPSA) is 92.3 Å². The summed E-state index contributed by atoms with van der Waals surface area (Å²) in [6, 6.07) is 17.7. The van der Waals surface area contributed by atoms with Crippen LogP contribution in [0.2, 0.25) is 0 Å². The van der Waals surface area contributed by atoms with Crippen LogP contribution in [-0.2, 0) is 21.2 Å². The number of benzene rings is 2. The second-order valence-electron chi connectivity index (χ2n) is 6.81. The van der Waals surface area contributed by atoms with E-state index in [-0.39, 0.29) is 29.7 Å². The van der Waals surface area contributed by atoms with Crippen LogP contribution in [0.4, 0.5) is 5.13 Å². The van der Waals surface area contributed by atoms with Gasteiger partial charge in [0.15, 0.2) is 0 Å². The molecule has 0 spiro atoms. The highest BCUT2D eigenvalue weighted by atomic mass is 32.2. The summed E-state index contributed by atoms with van der Waals surface area (Å²) in [5.74, 6) is -0.540. The van der Waals surface area contributed by atoms with Crippen LogP contribution >= 0.6 is 11.3 Å². The number of rotatable bonds is 9. The van der Waals surface area contributed by atoms with Crippen molar-refractivity contribution in [2.75, 3.05) is 18.9 Å². The number of hydrogen-bond donors (Lipinski definition) is 1. The smallest absolute Gasteiger partial charge is 0.242 e. The number of likely N-dealkylation sites (N-methyl/N-ethyl adjacent to an activating group) is 1. The number of anilines is 1. The Morgan fingerprint density at radius 2 is 1.70 bits per heavy atom. The fourth-order valence-corrected chi connectivity index (χ4v) is 4.97. The molecule has 2 aromatic carbocycles. The molecule has 1 N–H and O–H groups in total. The number of nitrogens with one attached hydrogen (secondary N) is 1. The van der Waals surface area contributed by atoms with Gasteiger partial charge in [-0.3, -0.25) is 4.79 Å². The van der Waals surface area contributed by atoms with Gasteiger partial charge in [0.05, 0.1) is 4.90 Å². The number of sulfonamides is 1. The maximum Gasteiger partial charge on any atom is 0.242 e. The standard InChI is InChI=1S/C21H24N4O3S2/c1-3-20-23-24-21(29-20)22-19(26)14-17(16-10-6-4-7-11-16)15-25(2)30(27,28)18-12-8-5-9-13-18/h4-13,17H,3,14-15H2,1-2H3,(H,22,24,26)/t17-/m0/s1. The van der Waals surface area contributed by atoms with E-state index in [1.165, 1.54) is 22.7 Å². The molecule has 0 saturated heterocycles. The van der Waals surface area contributed by atoms with Crippen molar-refractivity contribution in [3.05, 3.63) is 71.2 Å². The molecule has 3 rings (SSSR count). The van der Waals surface area contributed by atoms with Crippen molar-refractivity contribution in [1.29, 1.82) is 0 Å².